The van der Waals surface area contributed by atoms with Crippen LogP contribution in [0.5, 0.6) is 11.5 Å². The highest BCUT2D eigenvalue weighted by Crippen LogP contribution is 2.45. The predicted octanol–water partition coefficient (Wildman–Crippen LogP) is 3.76. The molecule has 0 bridgehead atoms. The molecule has 3 aromatic rings. The molecule has 1 heterocycles. The quantitative estimate of drug-likeness (QED) is 0.716. The first kappa shape index (κ1) is 14.2. The van der Waals surface area contributed by atoms with Crippen molar-refractivity contribution < 1.29 is 9.84 Å². The van der Waals surface area contributed by atoms with Gasteiger partial charge in [-0.25, -0.2) is 0 Å². The van der Waals surface area contributed by atoms with Gasteiger partial charge in [0.15, 0.2) is 0 Å². The second-order valence-electron chi connectivity index (χ2n) is 5.72. The summed E-state index contributed by atoms with van der Waals surface area (Å²) in [7, 11) is 0. The van der Waals surface area contributed by atoms with E-state index in [9.17, 15) is 10.4 Å². The molecular formula is C20H14N2O2. The number of nitrogens with zero attached hydrogens (tertiary/aromatic N) is 1. The summed E-state index contributed by atoms with van der Waals surface area (Å²) in [5.74, 6) is 0.556. The minimum Gasteiger partial charge on any atom is -0.508 e. The molecule has 24 heavy (non-hydrogen) atoms. The zero-order valence-corrected chi connectivity index (χ0v) is 12.7. The number of phenolic OH excluding ortho intramolecular Hbond substituents is 1. The maximum Gasteiger partial charge on any atom is 0.205 e. The van der Waals surface area contributed by atoms with Crippen LogP contribution in [0.25, 0.3) is 10.8 Å². The smallest absolute Gasteiger partial charge is 0.205 e. The largest absolute Gasteiger partial charge is 0.508 e. The van der Waals surface area contributed by atoms with E-state index >= 15 is 0 Å². The lowest BCUT2D eigenvalue weighted by Crippen LogP contribution is -2.21. The standard InChI is InChI=1S/C20H14N2O2/c21-11-17-18(13-5-3-6-14(23)10-13)16-9-8-12-4-1-2-7-15(12)19(16)24-20(17)22/h1-10,18,23H,22H2/t18-/m1/s1. The number of rotatable bonds is 1. The Morgan fingerprint density at radius 2 is 1.88 bits per heavy atom. The Morgan fingerprint density at radius 3 is 2.67 bits per heavy atom. The number of fused-ring (bicyclic) bond motifs is 3. The Labute approximate surface area is 139 Å². The summed E-state index contributed by atoms with van der Waals surface area (Å²) in [4.78, 5) is 0. The molecule has 0 amide bonds. The summed E-state index contributed by atoms with van der Waals surface area (Å²) >= 11 is 0. The van der Waals surface area contributed by atoms with Gasteiger partial charge in [0.1, 0.15) is 23.1 Å². The van der Waals surface area contributed by atoms with Crippen LogP contribution in [-0.2, 0) is 0 Å². The summed E-state index contributed by atoms with van der Waals surface area (Å²) in [6.45, 7) is 0. The number of aromatic hydroxyl groups is 1. The van der Waals surface area contributed by atoms with Crippen molar-refractivity contribution in [3.05, 3.63) is 83.2 Å². The van der Waals surface area contributed by atoms with E-state index in [0.29, 0.717) is 11.3 Å². The zero-order chi connectivity index (χ0) is 16.7. The van der Waals surface area contributed by atoms with Crippen LogP contribution < -0.4 is 10.5 Å². The van der Waals surface area contributed by atoms with E-state index in [1.165, 1.54) is 0 Å². The molecule has 0 aliphatic carbocycles. The SMILES string of the molecule is N#CC1=C(N)Oc2c(ccc3ccccc23)[C@H]1c1cccc(O)c1. The van der Waals surface area contributed by atoms with Crippen LogP contribution in [0.15, 0.2) is 72.1 Å². The number of allylic oxidation sites excluding steroid dienone is 1. The van der Waals surface area contributed by atoms with Crippen LogP contribution in [0, 0.1) is 11.3 Å². The molecule has 0 aromatic heterocycles. The molecule has 4 rings (SSSR count). The number of benzene rings is 3. The average molecular weight is 314 g/mol. The predicted molar refractivity (Wildman–Crippen MR) is 91.4 cm³/mol. The highest BCUT2D eigenvalue weighted by Gasteiger charge is 2.31. The second-order valence-corrected chi connectivity index (χ2v) is 5.72. The Kier molecular flexibility index (Phi) is 3.14. The molecule has 4 heteroatoms. The fraction of sp³-hybridized carbons (Fsp3) is 0.0500. The van der Waals surface area contributed by atoms with Gasteiger partial charge in [0.25, 0.3) is 0 Å². The van der Waals surface area contributed by atoms with Crippen LogP contribution >= 0.6 is 0 Å². The third kappa shape index (κ3) is 2.07. The lowest BCUT2D eigenvalue weighted by Gasteiger charge is -2.27. The number of hydrogen-bond acceptors (Lipinski definition) is 4. The van der Waals surface area contributed by atoms with Gasteiger partial charge in [0.2, 0.25) is 5.88 Å². The number of nitrogens with two attached hydrogens (primary N) is 1. The summed E-state index contributed by atoms with van der Waals surface area (Å²) < 4.78 is 5.80. The van der Waals surface area contributed by atoms with Crippen molar-refractivity contribution in [2.24, 2.45) is 5.73 Å². The Hall–Kier alpha value is -3.45. The minimum atomic E-state index is -0.365. The summed E-state index contributed by atoms with van der Waals surface area (Å²) in [5, 5.41) is 21.4. The lowest BCUT2D eigenvalue weighted by molar-refractivity contribution is 0.398. The van der Waals surface area contributed by atoms with Crippen molar-refractivity contribution in [2.75, 3.05) is 0 Å². The van der Waals surface area contributed by atoms with Gasteiger partial charge in [-0.3, -0.25) is 0 Å². The van der Waals surface area contributed by atoms with Gasteiger partial charge in [-0.2, -0.15) is 5.26 Å². The van der Waals surface area contributed by atoms with Crippen LogP contribution in [0.4, 0.5) is 0 Å². The van der Waals surface area contributed by atoms with Gasteiger partial charge in [0.05, 0.1) is 5.92 Å². The number of ether oxygens (including phenoxy) is 1. The molecule has 1 aliphatic heterocycles. The van der Waals surface area contributed by atoms with E-state index in [1.807, 2.05) is 42.5 Å². The third-order valence-corrected chi connectivity index (χ3v) is 4.31. The van der Waals surface area contributed by atoms with Crippen LogP contribution in [0.2, 0.25) is 0 Å². The molecule has 1 atom stereocenters. The molecular weight excluding hydrogens is 300 g/mol. The van der Waals surface area contributed by atoms with E-state index in [2.05, 4.69) is 6.07 Å². The first-order valence-corrected chi connectivity index (χ1v) is 7.57. The molecule has 1 aliphatic rings. The van der Waals surface area contributed by atoms with E-state index in [4.69, 9.17) is 10.5 Å². The topological polar surface area (TPSA) is 79.3 Å². The van der Waals surface area contributed by atoms with Crippen LogP contribution in [-0.4, -0.2) is 5.11 Å². The molecule has 0 saturated carbocycles. The second kappa shape index (κ2) is 5.32. The maximum atomic E-state index is 9.83. The number of phenols is 1. The lowest BCUT2D eigenvalue weighted by atomic mass is 9.82. The minimum absolute atomic E-state index is 0.106. The third-order valence-electron chi connectivity index (χ3n) is 4.31. The molecule has 3 N–H and O–H groups in total. The highest BCUT2D eigenvalue weighted by molar-refractivity contribution is 5.90. The Morgan fingerprint density at radius 1 is 1.04 bits per heavy atom. The highest BCUT2D eigenvalue weighted by atomic mass is 16.5. The van der Waals surface area contributed by atoms with Crippen molar-refractivity contribution in [3.63, 3.8) is 0 Å². The molecule has 0 fully saturated rings. The maximum absolute atomic E-state index is 9.83. The summed E-state index contributed by atoms with van der Waals surface area (Å²) in [6, 6.07) is 20.9. The fourth-order valence-electron chi connectivity index (χ4n) is 3.23. The van der Waals surface area contributed by atoms with Crippen LogP contribution in [0.3, 0.4) is 0 Å². The van der Waals surface area contributed by atoms with Crippen molar-refractivity contribution in [1.29, 1.82) is 5.26 Å². The van der Waals surface area contributed by atoms with Crippen molar-refractivity contribution in [3.8, 4) is 17.6 Å². The molecule has 3 aromatic carbocycles. The molecule has 0 unspecified atom stereocenters. The van der Waals surface area contributed by atoms with Gasteiger partial charge in [-0.1, -0.05) is 48.5 Å². The van der Waals surface area contributed by atoms with Crippen molar-refractivity contribution >= 4 is 10.8 Å². The van der Waals surface area contributed by atoms with Crippen molar-refractivity contribution in [1.82, 2.24) is 0 Å². The number of hydrogen-bond donors (Lipinski definition) is 2. The van der Waals surface area contributed by atoms with E-state index in [0.717, 1.165) is 21.9 Å². The van der Waals surface area contributed by atoms with E-state index < -0.39 is 0 Å². The summed E-state index contributed by atoms with van der Waals surface area (Å²) in [6.07, 6.45) is 0. The molecule has 116 valence electrons. The van der Waals surface area contributed by atoms with Crippen molar-refractivity contribution in [2.45, 2.75) is 5.92 Å². The monoisotopic (exact) mass is 314 g/mol. The average Bonchev–Trinajstić information content (AvgIpc) is 2.60. The van der Waals surface area contributed by atoms with Gasteiger partial charge in [-0.05, 0) is 23.1 Å². The normalized spacial score (nSPS) is 16.4. The van der Waals surface area contributed by atoms with Crippen LogP contribution in [0.1, 0.15) is 17.0 Å². The van der Waals surface area contributed by atoms with E-state index in [1.54, 1.807) is 18.2 Å². The number of nitriles is 1. The van der Waals surface area contributed by atoms with Gasteiger partial charge in [0, 0.05) is 10.9 Å². The molecule has 0 spiro atoms. The van der Waals surface area contributed by atoms with E-state index in [-0.39, 0.29) is 17.6 Å². The first-order chi connectivity index (χ1) is 11.7. The fourth-order valence-corrected chi connectivity index (χ4v) is 3.23. The van der Waals surface area contributed by atoms with Gasteiger partial charge >= 0.3 is 0 Å². The molecule has 0 saturated heterocycles. The first-order valence-electron chi connectivity index (χ1n) is 7.57. The summed E-state index contributed by atoms with van der Waals surface area (Å²) in [5.41, 5.74) is 8.05. The molecule has 0 radical (unpaired) electrons. The zero-order valence-electron chi connectivity index (χ0n) is 12.7. The van der Waals surface area contributed by atoms with Gasteiger partial charge < -0.3 is 15.6 Å². The Balaban J connectivity index is 2.02. The molecule has 4 nitrogen and oxygen atoms in total. The Bertz CT molecular complexity index is 1030. The van der Waals surface area contributed by atoms with Gasteiger partial charge in [-0.15, -0.1) is 0 Å².